The van der Waals surface area contributed by atoms with Gasteiger partial charge in [-0.25, -0.2) is 18.6 Å². The Balaban J connectivity index is 1.40. The van der Waals surface area contributed by atoms with E-state index in [2.05, 4.69) is 25.2 Å². The molecule has 0 bridgehead atoms. The van der Waals surface area contributed by atoms with Gasteiger partial charge in [-0.05, 0) is 53.0 Å². The Bertz CT molecular complexity index is 1180. The molecule has 0 aliphatic carbocycles. The Morgan fingerprint density at radius 1 is 1.27 bits per heavy atom. The molecule has 0 unspecified atom stereocenters. The fourth-order valence-electron chi connectivity index (χ4n) is 5.71. The van der Waals surface area contributed by atoms with E-state index in [1.165, 1.54) is 6.20 Å². The van der Waals surface area contributed by atoms with Crippen molar-refractivity contribution < 1.29 is 23.0 Å². The number of halogens is 3. The standard InChI is InChI=1S/C25H33ClF2N6O3/c1-24(2,3)37-23(35)30-16-6-4-8-33(13-16)21-17-11-29-20(26)18(28)19(17)31-22(32-21)36-14-25-7-5-9-34(25)12-15(27)10-25/h11,15-16H,4-10,12-14H2,1-3H3,(H,30,35)/t15-,16+,25+/m1/s1. The zero-order valence-electron chi connectivity index (χ0n) is 21.4. The summed E-state index contributed by atoms with van der Waals surface area (Å²) in [5.41, 5.74) is -0.982. The molecule has 0 saturated carbocycles. The van der Waals surface area contributed by atoms with Crippen molar-refractivity contribution >= 4 is 34.4 Å². The average molecular weight is 539 g/mol. The van der Waals surface area contributed by atoms with Crippen molar-refractivity contribution in [2.24, 2.45) is 0 Å². The predicted molar refractivity (Wildman–Crippen MR) is 135 cm³/mol. The Labute approximate surface area is 219 Å². The van der Waals surface area contributed by atoms with Crippen molar-refractivity contribution in [3.8, 4) is 6.01 Å². The van der Waals surface area contributed by atoms with Crippen molar-refractivity contribution in [1.82, 2.24) is 25.2 Å². The lowest BCUT2D eigenvalue weighted by atomic mass is 9.95. The highest BCUT2D eigenvalue weighted by atomic mass is 35.5. The minimum atomic E-state index is -0.887. The molecule has 3 fully saturated rings. The summed E-state index contributed by atoms with van der Waals surface area (Å²) >= 11 is 5.97. The highest BCUT2D eigenvalue weighted by Gasteiger charge is 2.49. The first-order valence-corrected chi connectivity index (χ1v) is 13.2. The van der Waals surface area contributed by atoms with Gasteiger partial charge in [-0.15, -0.1) is 0 Å². The second-order valence-electron chi connectivity index (χ2n) is 11.3. The minimum absolute atomic E-state index is 0.00873. The number of nitrogens with one attached hydrogen (secondary N) is 1. The third kappa shape index (κ3) is 5.52. The van der Waals surface area contributed by atoms with Crippen LogP contribution in [-0.4, -0.2) is 82.1 Å². The second kappa shape index (κ2) is 9.98. The number of aromatic nitrogens is 3. The van der Waals surface area contributed by atoms with Crippen LogP contribution < -0.4 is 15.0 Å². The van der Waals surface area contributed by atoms with Gasteiger partial charge in [0.1, 0.15) is 29.7 Å². The molecule has 1 amide bonds. The number of carbonyl (C=O) groups excluding carboxylic acids is 1. The van der Waals surface area contributed by atoms with Crippen LogP contribution in [0.1, 0.15) is 52.9 Å². The third-order valence-corrected chi connectivity index (χ3v) is 7.54. The maximum absolute atomic E-state index is 15.0. The predicted octanol–water partition coefficient (Wildman–Crippen LogP) is 4.27. The summed E-state index contributed by atoms with van der Waals surface area (Å²) in [5.74, 6) is -0.298. The van der Waals surface area contributed by atoms with E-state index >= 15 is 4.39 Å². The molecule has 202 valence electrons. The van der Waals surface area contributed by atoms with Crippen LogP contribution in [0.15, 0.2) is 6.20 Å². The number of anilines is 1. The van der Waals surface area contributed by atoms with Crippen molar-refractivity contribution in [3.63, 3.8) is 0 Å². The van der Waals surface area contributed by atoms with Crippen molar-refractivity contribution in [2.75, 3.05) is 37.7 Å². The number of alkyl halides is 1. The number of alkyl carbamates (subject to hydrolysis) is 1. The number of amides is 1. The molecule has 2 aromatic rings. The zero-order valence-corrected chi connectivity index (χ0v) is 22.2. The first-order chi connectivity index (χ1) is 17.5. The van der Waals surface area contributed by atoms with E-state index in [4.69, 9.17) is 21.1 Å². The van der Waals surface area contributed by atoms with Crippen LogP contribution in [0.2, 0.25) is 5.15 Å². The van der Waals surface area contributed by atoms with Gasteiger partial charge in [0.05, 0.1) is 10.9 Å². The van der Waals surface area contributed by atoms with Gasteiger partial charge < -0.3 is 19.7 Å². The van der Waals surface area contributed by atoms with Gasteiger partial charge in [-0.2, -0.15) is 9.97 Å². The second-order valence-corrected chi connectivity index (χ2v) is 11.6. The maximum atomic E-state index is 15.0. The number of nitrogens with zero attached hydrogens (tertiary/aromatic N) is 5. The number of ether oxygens (including phenoxy) is 2. The van der Waals surface area contributed by atoms with Gasteiger partial charge in [-0.1, -0.05) is 11.6 Å². The molecule has 9 nitrogen and oxygen atoms in total. The molecule has 0 spiro atoms. The molecule has 0 aromatic carbocycles. The molecule has 5 rings (SSSR count). The van der Waals surface area contributed by atoms with Crippen LogP contribution in [-0.2, 0) is 4.74 Å². The van der Waals surface area contributed by atoms with Gasteiger partial charge in [0, 0.05) is 38.3 Å². The molecule has 1 N–H and O–H groups in total. The number of rotatable bonds is 5. The van der Waals surface area contributed by atoms with Crippen LogP contribution in [0.3, 0.4) is 0 Å². The lowest BCUT2D eigenvalue weighted by Gasteiger charge is -2.35. The third-order valence-electron chi connectivity index (χ3n) is 7.27. The molecule has 3 atom stereocenters. The summed E-state index contributed by atoms with van der Waals surface area (Å²) in [4.78, 5) is 29.4. The SMILES string of the molecule is CC(C)(C)OC(=O)N[C@H]1CCCN(c2nc(OC[C@@]34CCCN3C[C@H](F)C4)nc3c(F)c(Cl)ncc23)C1. The molecule has 37 heavy (non-hydrogen) atoms. The Kier molecular flexibility index (Phi) is 7.04. The van der Waals surface area contributed by atoms with Gasteiger partial charge in [0.15, 0.2) is 11.0 Å². The van der Waals surface area contributed by atoms with Gasteiger partial charge in [0.2, 0.25) is 0 Å². The molecule has 2 aromatic heterocycles. The molecule has 3 saturated heterocycles. The van der Waals surface area contributed by atoms with Crippen molar-refractivity contribution in [2.45, 2.75) is 76.2 Å². The van der Waals surface area contributed by atoms with Crippen LogP contribution >= 0.6 is 11.6 Å². The van der Waals surface area contributed by atoms with E-state index in [9.17, 15) is 9.18 Å². The van der Waals surface area contributed by atoms with Crippen molar-refractivity contribution in [1.29, 1.82) is 0 Å². The molecule has 12 heteroatoms. The largest absolute Gasteiger partial charge is 0.461 e. The molecular weight excluding hydrogens is 506 g/mol. The molecule has 5 heterocycles. The minimum Gasteiger partial charge on any atom is -0.461 e. The topological polar surface area (TPSA) is 92.7 Å². The average Bonchev–Trinajstić information content (AvgIpc) is 3.34. The van der Waals surface area contributed by atoms with Crippen LogP contribution in [0.5, 0.6) is 6.01 Å². The summed E-state index contributed by atoms with van der Waals surface area (Å²) in [5, 5.41) is 3.03. The van der Waals surface area contributed by atoms with Gasteiger partial charge in [-0.3, -0.25) is 4.90 Å². The quantitative estimate of drug-likeness (QED) is 0.564. The summed E-state index contributed by atoms with van der Waals surface area (Å²) in [6.07, 6.45) is 3.84. The summed E-state index contributed by atoms with van der Waals surface area (Å²) in [6.45, 7) is 7.98. The Morgan fingerprint density at radius 2 is 2.08 bits per heavy atom. The highest BCUT2D eigenvalue weighted by molar-refractivity contribution is 6.30. The first-order valence-electron chi connectivity index (χ1n) is 12.8. The fraction of sp³-hybridized carbons (Fsp3) is 0.680. The molecular formula is C25H33ClF2N6O3. The number of fused-ring (bicyclic) bond motifs is 2. The lowest BCUT2D eigenvalue weighted by molar-refractivity contribution is 0.0500. The van der Waals surface area contributed by atoms with Crippen molar-refractivity contribution in [3.05, 3.63) is 17.2 Å². The summed E-state index contributed by atoms with van der Waals surface area (Å²) in [6, 6.07) is -0.177. The zero-order chi connectivity index (χ0) is 26.4. The van der Waals surface area contributed by atoms with Crippen LogP contribution in [0, 0.1) is 5.82 Å². The highest BCUT2D eigenvalue weighted by Crippen LogP contribution is 2.40. The number of hydrogen-bond donors (Lipinski definition) is 1. The van der Waals surface area contributed by atoms with Gasteiger partial charge >= 0.3 is 12.1 Å². The normalized spacial score (nSPS) is 26.4. The number of hydrogen-bond acceptors (Lipinski definition) is 8. The number of piperidine rings is 1. The fourth-order valence-corrected chi connectivity index (χ4v) is 5.85. The Morgan fingerprint density at radius 3 is 2.86 bits per heavy atom. The van der Waals surface area contributed by atoms with E-state index < -0.39 is 23.7 Å². The van der Waals surface area contributed by atoms with E-state index in [-0.39, 0.29) is 34.9 Å². The number of pyridine rings is 1. The molecule has 3 aliphatic heterocycles. The van der Waals surface area contributed by atoms with Crippen LogP contribution in [0.25, 0.3) is 10.9 Å². The lowest BCUT2D eigenvalue weighted by Crippen LogP contribution is -2.49. The first kappa shape index (κ1) is 26.1. The Hall–Kier alpha value is -2.53. The van der Waals surface area contributed by atoms with E-state index in [0.29, 0.717) is 37.3 Å². The molecule has 0 radical (unpaired) electrons. The van der Waals surface area contributed by atoms with E-state index in [0.717, 1.165) is 32.2 Å². The summed E-state index contributed by atoms with van der Waals surface area (Å²) < 4.78 is 40.7. The smallest absolute Gasteiger partial charge is 0.407 e. The number of carbonyl (C=O) groups is 1. The van der Waals surface area contributed by atoms with Crippen LogP contribution in [0.4, 0.5) is 19.4 Å². The molecule has 3 aliphatic rings. The van der Waals surface area contributed by atoms with E-state index in [1.807, 2.05) is 25.7 Å². The van der Waals surface area contributed by atoms with Gasteiger partial charge in [0.25, 0.3) is 0 Å². The monoisotopic (exact) mass is 538 g/mol. The van der Waals surface area contributed by atoms with E-state index in [1.54, 1.807) is 0 Å². The maximum Gasteiger partial charge on any atom is 0.407 e. The summed E-state index contributed by atoms with van der Waals surface area (Å²) in [7, 11) is 0.